The van der Waals surface area contributed by atoms with Gasteiger partial charge in [0.25, 0.3) is 0 Å². The highest BCUT2D eigenvalue weighted by molar-refractivity contribution is 5.86. The van der Waals surface area contributed by atoms with Gasteiger partial charge >= 0.3 is 0 Å². The van der Waals surface area contributed by atoms with Crippen LogP contribution in [0.1, 0.15) is 17.5 Å². The van der Waals surface area contributed by atoms with Crippen LogP contribution in [0.4, 0.5) is 5.69 Å². The molecule has 2 aromatic rings. The zero-order valence-corrected chi connectivity index (χ0v) is 11.2. The number of fused-ring (bicyclic) bond motifs is 1. The average Bonchev–Trinajstić information content (AvgIpc) is 2.53. The summed E-state index contributed by atoms with van der Waals surface area (Å²) in [5.41, 5.74) is 3.35. The number of rotatable bonds is 3. The first-order valence-electron chi connectivity index (χ1n) is 6.86. The molecule has 0 fully saturated rings. The van der Waals surface area contributed by atoms with Crippen LogP contribution in [0.2, 0.25) is 0 Å². The molecule has 0 saturated carbocycles. The Balaban J connectivity index is 1.59. The fourth-order valence-corrected chi connectivity index (χ4v) is 2.44. The summed E-state index contributed by atoms with van der Waals surface area (Å²) in [5.74, 6) is 0.0170. The molecule has 0 saturated heterocycles. The van der Waals surface area contributed by atoms with Crippen molar-refractivity contribution in [1.82, 2.24) is 5.32 Å². The van der Waals surface area contributed by atoms with Gasteiger partial charge in [0.05, 0.1) is 6.54 Å². The maximum atomic E-state index is 12.2. The van der Waals surface area contributed by atoms with Crippen molar-refractivity contribution in [1.29, 1.82) is 0 Å². The van der Waals surface area contributed by atoms with Gasteiger partial charge in [0.15, 0.2) is 0 Å². The van der Waals surface area contributed by atoms with Crippen LogP contribution in [0.25, 0.3) is 0 Å². The lowest BCUT2D eigenvalue weighted by Gasteiger charge is -2.26. The monoisotopic (exact) mass is 265 g/mol. The lowest BCUT2D eigenvalue weighted by Crippen LogP contribution is -2.40. The van der Waals surface area contributed by atoms with Gasteiger partial charge in [0, 0.05) is 5.69 Å². The molecule has 3 rings (SSSR count). The predicted molar refractivity (Wildman–Crippen MR) is 80.2 cm³/mol. The summed E-state index contributed by atoms with van der Waals surface area (Å²) in [6.07, 6.45) is 1.76. The number of anilines is 1. The van der Waals surface area contributed by atoms with Crippen molar-refractivity contribution in [3.8, 4) is 0 Å². The van der Waals surface area contributed by atoms with Crippen LogP contribution < -0.4 is 10.6 Å². The van der Waals surface area contributed by atoms with Crippen LogP contribution in [0.5, 0.6) is 0 Å². The lowest BCUT2D eigenvalue weighted by atomic mass is 9.97. The standard InChI is InChI=1S/C17H17N2O/c20-17(18-12-13-6-2-1-3-7-13)16-11-10-14-8-4-5-9-15(14)19-16/h1-9,12,16,19H,10-11H2,(H,18,20). The van der Waals surface area contributed by atoms with Gasteiger partial charge in [0.1, 0.15) is 6.04 Å². The zero-order valence-electron chi connectivity index (χ0n) is 11.2. The first-order valence-corrected chi connectivity index (χ1v) is 6.86. The molecule has 1 heterocycles. The van der Waals surface area contributed by atoms with Gasteiger partial charge in [-0.05, 0) is 30.0 Å². The van der Waals surface area contributed by atoms with Crippen LogP contribution in [0, 0.1) is 6.54 Å². The maximum absolute atomic E-state index is 12.2. The fraction of sp³-hybridized carbons (Fsp3) is 0.176. The summed E-state index contributed by atoms with van der Waals surface area (Å²) in [4.78, 5) is 12.2. The van der Waals surface area contributed by atoms with Crippen molar-refractivity contribution in [2.75, 3.05) is 5.32 Å². The van der Waals surface area contributed by atoms with Crippen molar-refractivity contribution < 1.29 is 4.79 Å². The van der Waals surface area contributed by atoms with Crippen molar-refractivity contribution in [3.63, 3.8) is 0 Å². The number of aryl methyl sites for hydroxylation is 1. The summed E-state index contributed by atoms with van der Waals surface area (Å²) in [6.45, 7) is 1.75. The minimum atomic E-state index is -0.162. The summed E-state index contributed by atoms with van der Waals surface area (Å²) >= 11 is 0. The summed E-state index contributed by atoms with van der Waals surface area (Å²) in [5, 5.41) is 6.17. The molecular weight excluding hydrogens is 248 g/mol. The van der Waals surface area contributed by atoms with Crippen molar-refractivity contribution in [3.05, 3.63) is 72.3 Å². The highest BCUT2D eigenvalue weighted by atomic mass is 16.2. The molecule has 1 aliphatic rings. The predicted octanol–water partition coefficient (Wildman–Crippen LogP) is 2.74. The molecule has 2 aromatic carbocycles. The van der Waals surface area contributed by atoms with Gasteiger partial charge in [-0.3, -0.25) is 4.79 Å². The summed E-state index contributed by atoms with van der Waals surface area (Å²) in [7, 11) is 0. The molecule has 101 valence electrons. The smallest absolute Gasteiger partial charge is 0.243 e. The van der Waals surface area contributed by atoms with E-state index in [1.54, 1.807) is 6.54 Å². The van der Waals surface area contributed by atoms with Gasteiger partial charge in [0.2, 0.25) is 5.91 Å². The Morgan fingerprint density at radius 1 is 1.10 bits per heavy atom. The Labute approximate surface area is 119 Å². The highest BCUT2D eigenvalue weighted by Crippen LogP contribution is 2.24. The van der Waals surface area contributed by atoms with E-state index in [1.165, 1.54) is 5.56 Å². The van der Waals surface area contributed by atoms with Crippen LogP contribution >= 0.6 is 0 Å². The molecule has 1 aliphatic heterocycles. The normalized spacial score (nSPS) is 16.9. The number of hydrogen-bond donors (Lipinski definition) is 2. The van der Waals surface area contributed by atoms with Crippen molar-refractivity contribution in [2.45, 2.75) is 18.9 Å². The third-order valence-electron chi connectivity index (χ3n) is 3.55. The molecule has 1 unspecified atom stereocenters. The van der Waals surface area contributed by atoms with E-state index in [0.717, 1.165) is 24.1 Å². The lowest BCUT2D eigenvalue weighted by molar-refractivity contribution is -0.121. The SMILES string of the molecule is O=C(N[CH]c1ccccc1)C1CCc2ccccc2N1. The minimum Gasteiger partial charge on any atom is -0.373 e. The number of para-hydroxylation sites is 1. The number of nitrogens with one attached hydrogen (secondary N) is 2. The van der Waals surface area contributed by atoms with E-state index >= 15 is 0 Å². The second-order valence-electron chi connectivity index (χ2n) is 4.96. The quantitative estimate of drug-likeness (QED) is 0.896. The molecule has 2 N–H and O–H groups in total. The van der Waals surface area contributed by atoms with Crippen LogP contribution in [-0.4, -0.2) is 11.9 Å². The Bertz CT molecular complexity index is 595. The van der Waals surface area contributed by atoms with Gasteiger partial charge in [-0.2, -0.15) is 0 Å². The first-order chi connectivity index (χ1) is 9.83. The van der Waals surface area contributed by atoms with E-state index in [0.29, 0.717) is 0 Å². The van der Waals surface area contributed by atoms with Gasteiger partial charge < -0.3 is 10.6 Å². The topological polar surface area (TPSA) is 41.1 Å². The van der Waals surface area contributed by atoms with Crippen LogP contribution in [-0.2, 0) is 11.2 Å². The molecule has 1 radical (unpaired) electrons. The van der Waals surface area contributed by atoms with E-state index in [2.05, 4.69) is 16.7 Å². The number of carbonyl (C=O) groups is 1. The van der Waals surface area contributed by atoms with E-state index in [1.807, 2.05) is 48.5 Å². The molecule has 3 nitrogen and oxygen atoms in total. The third-order valence-corrected chi connectivity index (χ3v) is 3.55. The molecular formula is C17H17N2O. The van der Waals surface area contributed by atoms with E-state index in [-0.39, 0.29) is 11.9 Å². The molecule has 1 atom stereocenters. The Kier molecular flexibility index (Phi) is 3.68. The van der Waals surface area contributed by atoms with Gasteiger partial charge in [-0.15, -0.1) is 0 Å². The molecule has 3 heteroatoms. The van der Waals surface area contributed by atoms with Gasteiger partial charge in [-0.1, -0.05) is 48.5 Å². The minimum absolute atomic E-state index is 0.0170. The molecule has 0 spiro atoms. The maximum Gasteiger partial charge on any atom is 0.243 e. The summed E-state index contributed by atoms with van der Waals surface area (Å²) < 4.78 is 0. The third kappa shape index (κ3) is 2.82. The number of amides is 1. The van der Waals surface area contributed by atoms with E-state index in [4.69, 9.17) is 0 Å². The molecule has 0 aromatic heterocycles. The largest absolute Gasteiger partial charge is 0.373 e. The Morgan fingerprint density at radius 2 is 1.85 bits per heavy atom. The number of carbonyl (C=O) groups excluding carboxylic acids is 1. The van der Waals surface area contributed by atoms with Crippen molar-refractivity contribution in [2.24, 2.45) is 0 Å². The zero-order chi connectivity index (χ0) is 13.8. The van der Waals surface area contributed by atoms with Crippen LogP contribution in [0.3, 0.4) is 0 Å². The van der Waals surface area contributed by atoms with E-state index in [9.17, 15) is 4.79 Å². The fourth-order valence-electron chi connectivity index (χ4n) is 2.44. The first kappa shape index (κ1) is 12.7. The molecule has 20 heavy (non-hydrogen) atoms. The second kappa shape index (κ2) is 5.78. The van der Waals surface area contributed by atoms with E-state index < -0.39 is 0 Å². The Morgan fingerprint density at radius 3 is 2.70 bits per heavy atom. The number of hydrogen-bond acceptors (Lipinski definition) is 2. The van der Waals surface area contributed by atoms with Gasteiger partial charge in [-0.25, -0.2) is 0 Å². The molecule has 1 amide bonds. The molecule has 0 aliphatic carbocycles. The molecule has 0 bridgehead atoms. The van der Waals surface area contributed by atoms with Crippen molar-refractivity contribution >= 4 is 11.6 Å². The Hall–Kier alpha value is -2.29. The average molecular weight is 265 g/mol. The second-order valence-corrected chi connectivity index (χ2v) is 4.96. The highest BCUT2D eigenvalue weighted by Gasteiger charge is 2.23. The summed E-state index contributed by atoms with van der Waals surface area (Å²) in [6, 6.07) is 17.8. The number of benzene rings is 2. The van der Waals surface area contributed by atoms with Crippen LogP contribution in [0.15, 0.2) is 54.6 Å².